The molecule has 0 saturated heterocycles. The lowest BCUT2D eigenvalue weighted by molar-refractivity contribution is 0.478. The fourth-order valence-corrected chi connectivity index (χ4v) is 15.5. The minimum atomic E-state index is -2.72. The second-order valence-electron chi connectivity index (χ2n) is 17.6. The van der Waals surface area contributed by atoms with Gasteiger partial charge in [-0.25, -0.2) is 0 Å². The van der Waals surface area contributed by atoms with Crippen LogP contribution in [0.2, 0.25) is 0 Å². The van der Waals surface area contributed by atoms with E-state index in [4.69, 9.17) is 4.74 Å². The number of hydrogen-bond donors (Lipinski definition) is 0. The SMILES string of the molecule is c1ccc([Si](c2ccccc2)(c2ccccc2)c2ccc(N(c3ccc(-c4ccc5ccccc5c4)cc3)c3ccc(-c4ccc5c6ccccc6n6c5c4Oc4ccccc4-6)cc3)cc2)cc1. The first-order valence-corrected chi connectivity index (χ1v) is 25.3. The fraction of sp³-hybridized carbons (Fsp3) is 0. The van der Waals surface area contributed by atoms with Gasteiger partial charge in [-0.1, -0.05) is 200 Å². The predicted molar refractivity (Wildman–Crippen MR) is 288 cm³/mol. The van der Waals surface area contributed by atoms with Gasteiger partial charge in [0.15, 0.2) is 19.6 Å². The van der Waals surface area contributed by atoms with E-state index in [9.17, 15) is 0 Å². The summed E-state index contributed by atoms with van der Waals surface area (Å²) < 4.78 is 9.23. The van der Waals surface area contributed by atoms with Gasteiger partial charge in [0, 0.05) is 33.4 Å². The summed E-state index contributed by atoms with van der Waals surface area (Å²) >= 11 is 0. The molecule has 0 bridgehead atoms. The Labute approximate surface area is 397 Å². The van der Waals surface area contributed by atoms with Crippen molar-refractivity contribution in [1.82, 2.24) is 4.57 Å². The van der Waals surface area contributed by atoms with E-state index in [1.54, 1.807) is 0 Å². The summed E-state index contributed by atoms with van der Waals surface area (Å²) in [5, 5.41) is 10.3. The molecule has 0 radical (unpaired) electrons. The minimum absolute atomic E-state index is 0.854. The molecule has 0 amide bonds. The van der Waals surface area contributed by atoms with Crippen molar-refractivity contribution >= 4 is 78.5 Å². The van der Waals surface area contributed by atoms with Gasteiger partial charge in [0.1, 0.15) is 0 Å². The number of nitrogens with zero attached hydrogens (tertiary/aromatic N) is 2. The number of benzene rings is 11. The van der Waals surface area contributed by atoms with Gasteiger partial charge in [-0.3, -0.25) is 0 Å². The van der Waals surface area contributed by atoms with Gasteiger partial charge in [0.05, 0.1) is 16.7 Å². The van der Waals surface area contributed by atoms with Crippen molar-refractivity contribution in [2.24, 2.45) is 0 Å². The molecule has 4 heteroatoms. The van der Waals surface area contributed by atoms with Gasteiger partial charge < -0.3 is 14.2 Å². The molecule has 1 aromatic heterocycles. The first kappa shape index (κ1) is 39.6. The number of fused-ring (bicyclic) bond motifs is 6. The van der Waals surface area contributed by atoms with Crippen LogP contribution >= 0.6 is 0 Å². The largest absolute Gasteiger partial charge is 0.452 e. The first-order chi connectivity index (χ1) is 33.7. The molecule has 12 aromatic rings. The Morgan fingerprint density at radius 1 is 0.353 bits per heavy atom. The lowest BCUT2D eigenvalue weighted by Gasteiger charge is -2.35. The third kappa shape index (κ3) is 6.41. The number of rotatable bonds is 9. The Kier molecular flexibility index (Phi) is 9.51. The van der Waals surface area contributed by atoms with E-state index in [1.165, 1.54) is 58.9 Å². The van der Waals surface area contributed by atoms with Gasteiger partial charge in [-0.05, 0) is 115 Å². The summed E-state index contributed by atoms with van der Waals surface area (Å²) in [6, 6.07) is 97.5. The zero-order chi connectivity index (χ0) is 45.0. The van der Waals surface area contributed by atoms with Crippen molar-refractivity contribution in [2.75, 3.05) is 4.90 Å². The van der Waals surface area contributed by atoms with Crippen molar-refractivity contribution < 1.29 is 4.74 Å². The Hall–Kier alpha value is -8.70. The van der Waals surface area contributed by atoms with Gasteiger partial charge in [0.25, 0.3) is 0 Å². The highest BCUT2D eigenvalue weighted by molar-refractivity contribution is 7.19. The van der Waals surface area contributed by atoms with Gasteiger partial charge in [-0.15, -0.1) is 0 Å². The highest BCUT2D eigenvalue weighted by Crippen LogP contribution is 2.49. The highest BCUT2D eigenvalue weighted by atomic mass is 28.3. The molecular formula is C64H44N2OSi. The van der Waals surface area contributed by atoms with E-state index in [2.05, 4.69) is 270 Å². The summed E-state index contributed by atoms with van der Waals surface area (Å²) in [7, 11) is -2.72. The molecule has 0 N–H and O–H groups in total. The average Bonchev–Trinajstić information content (AvgIpc) is 3.76. The van der Waals surface area contributed by atoms with E-state index in [0.29, 0.717) is 0 Å². The topological polar surface area (TPSA) is 17.4 Å². The van der Waals surface area contributed by atoms with Crippen molar-refractivity contribution in [3.8, 4) is 39.4 Å². The Balaban J connectivity index is 0.945. The lowest BCUT2D eigenvalue weighted by atomic mass is 10.00. The molecule has 3 nitrogen and oxygen atoms in total. The standard InChI is InChI=1S/C64H44N2OSi/c1-4-18-53(19-5-1)68(54-20-6-2-7-21-54,55-22-8-3-9-23-55)56-40-38-52(39-41-56)65(50-34-30-46(31-35-50)49-29-28-45-16-10-11-17-48(45)44-49)51-36-32-47(33-37-51)57-42-43-59-58-24-12-13-25-60(58)66-61-26-14-15-27-62(61)67-64(57)63(59)66/h1-44H. The fourth-order valence-electron chi connectivity index (χ4n) is 10.8. The quantitative estimate of drug-likeness (QED) is 0.106. The second kappa shape index (κ2) is 16.3. The summed E-state index contributed by atoms with van der Waals surface area (Å²) in [5.74, 6) is 1.73. The van der Waals surface area contributed by atoms with E-state index in [1.807, 2.05) is 6.07 Å². The minimum Gasteiger partial charge on any atom is -0.452 e. The molecule has 1 aliphatic rings. The van der Waals surface area contributed by atoms with Crippen LogP contribution in [0.4, 0.5) is 17.1 Å². The Morgan fingerprint density at radius 3 is 1.50 bits per heavy atom. The van der Waals surface area contributed by atoms with Gasteiger partial charge in [0.2, 0.25) is 0 Å². The molecule has 0 spiro atoms. The Morgan fingerprint density at radius 2 is 0.853 bits per heavy atom. The van der Waals surface area contributed by atoms with E-state index in [0.717, 1.165) is 50.9 Å². The number of aromatic nitrogens is 1. The molecule has 13 rings (SSSR count). The zero-order valence-corrected chi connectivity index (χ0v) is 38.2. The molecule has 68 heavy (non-hydrogen) atoms. The number of hydrogen-bond acceptors (Lipinski definition) is 2. The maximum atomic E-state index is 6.86. The summed E-state index contributed by atoms with van der Waals surface area (Å²) in [6.07, 6.45) is 0. The monoisotopic (exact) mass is 884 g/mol. The summed E-state index contributed by atoms with van der Waals surface area (Å²) in [4.78, 5) is 2.38. The molecule has 1 aliphatic heterocycles. The Bertz CT molecular complexity index is 3700. The van der Waals surface area contributed by atoms with Crippen LogP contribution in [-0.4, -0.2) is 12.6 Å². The normalized spacial score (nSPS) is 11.9. The van der Waals surface area contributed by atoms with E-state index < -0.39 is 8.07 Å². The van der Waals surface area contributed by atoms with Crippen LogP contribution in [0, 0.1) is 0 Å². The molecule has 0 atom stereocenters. The van der Waals surface area contributed by atoms with Crippen LogP contribution in [0.3, 0.4) is 0 Å². The summed E-state index contributed by atoms with van der Waals surface area (Å²) in [5.41, 5.74) is 11.1. The van der Waals surface area contributed by atoms with Crippen LogP contribution in [0.25, 0.3) is 60.5 Å². The molecule has 0 fully saturated rings. The molecule has 0 aliphatic carbocycles. The maximum absolute atomic E-state index is 6.86. The molecule has 2 heterocycles. The van der Waals surface area contributed by atoms with Crippen LogP contribution in [0.5, 0.6) is 11.5 Å². The van der Waals surface area contributed by atoms with Crippen molar-refractivity contribution in [3.63, 3.8) is 0 Å². The lowest BCUT2D eigenvalue weighted by Crippen LogP contribution is -2.74. The smallest absolute Gasteiger partial charge is 0.179 e. The third-order valence-corrected chi connectivity index (χ3v) is 18.7. The highest BCUT2D eigenvalue weighted by Gasteiger charge is 2.41. The van der Waals surface area contributed by atoms with Crippen LogP contribution in [-0.2, 0) is 0 Å². The first-order valence-electron chi connectivity index (χ1n) is 23.3. The molecule has 320 valence electrons. The van der Waals surface area contributed by atoms with Crippen LogP contribution in [0.1, 0.15) is 0 Å². The number of para-hydroxylation sites is 3. The average molecular weight is 885 g/mol. The summed E-state index contributed by atoms with van der Waals surface area (Å²) in [6.45, 7) is 0. The molecular weight excluding hydrogens is 841 g/mol. The van der Waals surface area contributed by atoms with Gasteiger partial charge >= 0.3 is 0 Å². The van der Waals surface area contributed by atoms with Crippen molar-refractivity contribution in [1.29, 1.82) is 0 Å². The maximum Gasteiger partial charge on any atom is 0.179 e. The van der Waals surface area contributed by atoms with Crippen LogP contribution < -0.4 is 30.4 Å². The van der Waals surface area contributed by atoms with E-state index in [-0.39, 0.29) is 0 Å². The predicted octanol–water partition coefficient (Wildman–Crippen LogP) is 14.2. The van der Waals surface area contributed by atoms with Gasteiger partial charge in [-0.2, -0.15) is 0 Å². The molecule has 11 aromatic carbocycles. The third-order valence-electron chi connectivity index (χ3n) is 13.9. The van der Waals surface area contributed by atoms with Crippen molar-refractivity contribution in [2.45, 2.75) is 0 Å². The zero-order valence-electron chi connectivity index (χ0n) is 37.2. The number of ether oxygens (including phenoxy) is 1. The molecule has 0 unspecified atom stereocenters. The second-order valence-corrected chi connectivity index (χ2v) is 21.5. The van der Waals surface area contributed by atoms with Crippen LogP contribution in [0.15, 0.2) is 267 Å². The number of anilines is 3. The molecule has 0 saturated carbocycles. The van der Waals surface area contributed by atoms with E-state index >= 15 is 0 Å². The van der Waals surface area contributed by atoms with Crippen molar-refractivity contribution in [3.05, 3.63) is 267 Å².